The number of ketones is 1. The number of fused-ring (bicyclic) bond motifs is 3. The molecule has 4 nitrogen and oxygen atoms in total. The topological polar surface area (TPSA) is 54.9 Å². The third-order valence-corrected chi connectivity index (χ3v) is 6.64. The maximum atomic E-state index is 12.9. The largest absolute Gasteiger partial charge is 0.383 e. The number of aryl methyl sites for hydroxylation is 1. The summed E-state index contributed by atoms with van der Waals surface area (Å²) in [7, 11) is 0. The number of hydrogen-bond donors (Lipinski definition) is 1. The Labute approximate surface area is 181 Å². The fourth-order valence-electron chi connectivity index (χ4n) is 5.02. The summed E-state index contributed by atoms with van der Waals surface area (Å²) >= 11 is 0. The van der Waals surface area contributed by atoms with Gasteiger partial charge in [0, 0.05) is 36.5 Å². The lowest BCUT2D eigenvalue weighted by Gasteiger charge is -2.21. The SMILES string of the molecule is Cc1c(-c2ccc3c(c2)/C(=C/C2=Cc4ncccc4C2)C(=O)C3)cnc2c1NCCC2. The summed E-state index contributed by atoms with van der Waals surface area (Å²) in [5.74, 6) is 0.193. The first-order valence-corrected chi connectivity index (χ1v) is 10.9. The summed E-state index contributed by atoms with van der Waals surface area (Å²) in [6.45, 7) is 3.16. The Morgan fingerprint density at radius 3 is 2.90 bits per heavy atom. The molecule has 2 aromatic heterocycles. The number of pyridine rings is 2. The van der Waals surface area contributed by atoms with Gasteiger partial charge in [0.2, 0.25) is 0 Å². The first-order valence-electron chi connectivity index (χ1n) is 10.9. The van der Waals surface area contributed by atoms with Gasteiger partial charge in [0.1, 0.15) is 0 Å². The zero-order valence-electron chi connectivity index (χ0n) is 17.5. The van der Waals surface area contributed by atoms with E-state index >= 15 is 0 Å². The van der Waals surface area contributed by atoms with Crippen LogP contribution < -0.4 is 5.32 Å². The zero-order valence-corrected chi connectivity index (χ0v) is 17.5. The van der Waals surface area contributed by atoms with Crippen LogP contribution in [0.3, 0.4) is 0 Å². The standard InChI is InChI=1S/C27H23N3O/c1-16-23(15-30-24-5-3-9-29-27(16)24)18-6-7-19-14-26(31)22(21(19)13-18)11-17-10-20-4-2-8-28-25(20)12-17/h2,4,6-8,11-13,15,29H,3,5,9-10,14H2,1H3/b22-11-. The molecule has 0 bridgehead atoms. The maximum absolute atomic E-state index is 12.9. The predicted molar refractivity (Wildman–Crippen MR) is 124 cm³/mol. The van der Waals surface area contributed by atoms with Gasteiger partial charge in [0.05, 0.1) is 17.1 Å². The summed E-state index contributed by atoms with van der Waals surface area (Å²) in [4.78, 5) is 22.0. The summed E-state index contributed by atoms with van der Waals surface area (Å²) in [5.41, 5.74) is 12.2. The van der Waals surface area contributed by atoms with Crippen molar-refractivity contribution in [1.82, 2.24) is 9.97 Å². The molecule has 0 unspecified atom stereocenters. The molecular weight excluding hydrogens is 382 g/mol. The molecule has 1 N–H and O–H groups in total. The molecule has 152 valence electrons. The molecule has 3 aliphatic rings. The van der Waals surface area contributed by atoms with E-state index in [0.717, 1.165) is 70.6 Å². The van der Waals surface area contributed by atoms with Gasteiger partial charge in [-0.05, 0) is 83.9 Å². The number of carbonyl (C=O) groups excluding carboxylic acids is 1. The number of aromatic nitrogens is 2. The van der Waals surface area contributed by atoms with Crippen LogP contribution in [0.2, 0.25) is 0 Å². The Morgan fingerprint density at radius 1 is 1.06 bits per heavy atom. The predicted octanol–water partition coefficient (Wildman–Crippen LogP) is 4.96. The first-order chi connectivity index (χ1) is 15.2. The Bertz CT molecular complexity index is 1320. The molecule has 0 spiro atoms. The maximum Gasteiger partial charge on any atom is 0.167 e. The van der Waals surface area contributed by atoms with Crippen molar-refractivity contribution in [3.05, 3.63) is 88.0 Å². The van der Waals surface area contributed by atoms with Crippen LogP contribution in [-0.2, 0) is 24.1 Å². The lowest BCUT2D eigenvalue weighted by atomic mass is 9.94. The average Bonchev–Trinajstić information content (AvgIpc) is 3.34. The van der Waals surface area contributed by atoms with Crippen LogP contribution in [0.15, 0.2) is 54.4 Å². The fraction of sp³-hybridized carbons (Fsp3) is 0.222. The molecule has 6 rings (SSSR count). The van der Waals surface area contributed by atoms with E-state index in [4.69, 9.17) is 4.98 Å². The summed E-state index contributed by atoms with van der Waals surface area (Å²) in [6.07, 6.45) is 11.4. The zero-order chi connectivity index (χ0) is 20.9. The summed E-state index contributed by atoms with van der Waals surface area (Å²) < 4.78 is 0. The number of benzene rings is 1. The Morgan fingerprint density at radius 2 is 2.00 bits per heavy atom. The van der Waals surface area contributed by atoms with E-state index in [9.17, 15) is 4.79 Å². The second-order valence-corrected chi connectivity index (χ2v) is 8.62. The molecule has 1 aliphatic heterocycles. The normalized spacial score (nSPS) is 17.8. The minimum absolute atomic E-state index is 0.193. The van der Waals surface area contributed by atoms with Gasteiger partial charge in [-0.3, -0.25) is 14.8 Å². The molecule has 3 aromatic rings. The number of allylic oxidation sites excluding steroid dienone is 3. The van der Waals surface area contributed by atoms with Gasteiger partial charge < -0.3 is 5.32 Å². The van der Waals surface area contributed by atoms with Gasteiger partial charge in [-0.2, -0.15) is 0 Å². The molecule has 31 heavy (non-hydrogen) atoms. The lowest BCUT2D eigenvalue weighted by Crippen LogP contribution is -2.14. The fourth-order valence-corrected chi connectivity index (χ4v) is 5.02. The molecule has 0 radical (unpaired) electrons. The van der Waals surface area contributed by atoms with E-state index in [1.807, 2.05) is 18.5 Å². The van der Waals surface area contributed by atoms with Crippen molar-refractivity contribution in [2.45, 2.75) is 32.6 Å². The second kappa shape index (κ2) is 7.02. The van der Waals surface area contributed by atoms with Crippen LogP contribution in [-0.4, -0.2) is 22.3 Å². The van der Waals surface area contributed by atoms with E-state index in [2.05, 4.69) is 53.6 Å². The smallest absolute Gasteiger partial charge is 0.167 e. The molecule has 2 aliphatic carbocycles. The monoisotopic (exact) mass is 405 g/mol. The molecule has 4 heteroatoms. The number of carbonyl (C=O) groups is 1. The molecule has 0 atom stereocenters. The summed E-state index contributed by atoms with van der Waals surface area (Å²) in [5, 5.41) is 3.52. The third kappa shape index (κ3) is 3.02. The number of nitrogens with one attached hydrogen (secondary N) is 1. The molecule has 0 amide bonds. The minimum atomic E-state index is 0.193. The van der Waals surface area contributed by atoms with E-state index < -0.39 is 0 Å². The summed E-state index contributed by atoms with van der Waals surface area (Å²) in [6, 6.07) is 10.5. The van der Waals surface area contributed by atoms with Crippen LogP contribution in [0.1, 0.15) is 40.1 Å². The van der Waals surface area contributed by atoms with E-state index in [0.29, 0.717) is 6.42 Å². The van der Waals surface area contributed by atoms with Gasteiger partial charge in [-0.25, -0.2) is 0 Å². The highest BCUT2D eigenvalue weighted by atomic mass is 16.1. The van der Waals surface area contributed by atoms with Crippen LogP contribution in [0.25, 0.3) is 22.8 Å². The molecule has 0 saturated heterocycles. The number of anilines is 1. The van der Waals surface area contributed by atoms with Crippen molar-refractivity contribution < 1.29 is 4.79 Å². The van der Waals surface area contributed by atoms with Crippen molar-refractivity contribution >= 4 is 23.1 Å². The van der Waals surface area contributed by atoms with Crippen LogP contribution in [0.4, 0.5) is 5.69 Å². The van der Waals surface area contributed by atoms with Crippen molar-refractivity contribution in [2.24, 2.45) is 0 Å². The lowest BCUT2D eigenvalue weighted by molar-refractivity contribution is -0.112. The molecule has 0 saturated carbocycles. The number of Topliss-reactive ketones (excluding diaryl/α,β-unsaturated/α-hetero) is 1. The first kappa shape index (κ1) is 18.3. The van der Waals surface area contributed by atoms with Crippen molar-refractivity contribution in [1.29, 1.82) is 0 Å². The van der Waals surface area contributed by atoms with Gasteiger partial charge in [-0.1, -0.05) is 18.2 Å². The van der Waals surface area contributed by atoms with Crippen LogP contribution in [0.5, 0.6) is 0 Å². The highest BCUT2D eigenvalue weighted by Gasteiger charge is 2.26. The van der Waals surface area contributed by atoms with Crippen molar-refractivity contribution in [3.63, 3.8) is 0 Å². The molecule has 3 heterocycles. The molecular formula is C27H23N3O. The number of hydrogen-bond acceptors (Lipinski definition) is 4. The quantitative estimate of drug-likeness (QED) is 0.613. The van der Waals surface area contributed by atoms with Gasteiger partial charge >= 0.3 is 0 Å². The number of nitrogens with zero attached hydrogens (tertiary/aromatic N) is 2. The third-order valence-electron chi connectivity index (χ3n) is 6.64. The van der Waals surface area contributed by atoms with Crippen LogP contribution >= 0.6 is 0 Å². The van der Waals surface area contributed by atoms with Gasteiger partial charge in [-0.15, -0.1) is 0 Å². The average molecular weight is 406 g/mol. The Kier molecular flexibility index (Phi) is 4.13. The van der Waals surface area contributed by atoms with E-state index in [1.54, 1.807) is 0 Å². The van der Waals surface area contributed by atoms with Gasteiger partial charge in [0.15, 0.2) is 5.78 Å². The van der Waals surface area contributed by atoms with Crippen molar-refractivity contribution in [2.75, 3.05) is 11.9 Å². The van der Waals surface area contributed by atoms with E-state index in [1.165, 1.54) is 16.8 Å². The van der Waals surface area contributed by atoms with Gasteiger partial charge in [0.25, 0.3) is 0 Å². The van der Waals surface area contributed by atoms with E-state index in [-0.39, 0.29) is 5.78 Å². The number of rotatable bonds is 2. The Hall–Kier alpha value is -3.53. The van der Waals surface area contributed by atoms with Crippen molar-refractivity contribution in [3.8, 4) is 11.1 Å². The Balaban J connectivity index is 1.40. The molecule has 0 fully saturated rings. The minimum Gasteiger partial charge on any atom is -0.383 e. The molecule has 1 aromatic carbocycles. The highest BCUT2D eigenvalue weighted by molar-refractivity contribution is 6.26. The highest BCUT2D eigenvalue weighted by Crippen LogP contribution is 2.38. The second-order valence-electron chi connectivity index (χ2n) is 8.62. The van der Waals surface area contributed by atoms with Crippen LogP contribution in [0, 0.1) is 6.92 Å².